The van der Waals surface area contributed by atoms with Crippen molar-refractivity contribution in [3.63, 3.8) is 0 Å². The molecule has 1 saturated heterocycles. The average molecular weight is 502 g/mol. The van der Waals surface area contributed by atoms with Crippen LogP contribution >= 0.6 is 11.8 Å². The van der Waals surface area contributed by atoms with E-state index in [9.17, 15) is 13.6 Å². The standard InChI is InChI=1S/C23H25F2N7O2S/c1-31-8-2-4-15(13-31)35-14-5-6-19(34-23(24)25)16(10-14)20-18(12-27-30-20)29-22(33)17-11-28-32-9-3-7-26-21(17)32/h3,5-7,9-12,15,20,23,27,30H,2,4,8,13H2,1H3,(H,29,33). The topological polar surface area (TPSA) is 95.8 Å². The number of carbonyl (C=O) groups is 1. The molecule has 2 unspecified atom stereocenters. The zero-order chi connectivity index (χ0) is 24.4. The third kappa shape index (κ3) is 5.24. The fourth-order valence-electron chi connectivity index (χ4n) is 4.34. The molecule has 3 aromatic rings. The number of hydrogen-bond acceptors (Lipinski definition) is 8. The summed E-state index contributed by atoms with van der Waals surface area (Å²) in [6, 6.07) is 6.31. The lowest BCUT2D eigenvalue weighted by Crippen LogP contribution is -2.33. The van der Waals surface area contributed by atoms with Gasteiger partial charge in [0.05, 0.1) is 17.9 Å². The Morgan fingerprint density at radius 3 is 3.09 bits per heavy atom. The lowest BCUT2D eigenvalue weighted by atomic mass is 10.0. The van der Waals surface area contributed by atoms with Crippen molar-refractivity contribution in [2.24, 2.45) is 0 Å². The van der Waals surface area contributed by atoms with E-state index in [1.54, 1.807) is 48.6 Å². The minimum atomic E-state index is -2.97. The molecule has 0 radical (unpaired) electrons. The number of hydrazine groups is 1. The molecule has 2 aliphatic rings. The maximum atomic E-state index is 13.2. The molecule has 1 amide bonds. The van der Waals surface area contributed by atoms with Crippen molar-refractivity contribution >= 4 is 23.3 Å². The van der Waals surface area contributed by atoms with Crippen molar-refractivity contribution in [3.8, 4) is 5.75 Å². The summed E-state index contributed by atoms with van der Waals surface area (Å²) in [5.41, 5.74) is 7.57. The van der Waals surface area contributed by atoms with Crippen molar-refractivity contribution < 1.29 is 18.3 Å². The third-order valence-corrected chi connectivity index (χ3v) is 7.18. The molecular formula is C23H25F2N7O2S. The number of nitrogens with zero attached hydrogens (tertiary/aromatic N) is 4. The second-order valence-corrected chi connectivity index (χ2v) is 9.82. The molecule has 5 rings (SSSR count). The van der Waals surface area contributed by atoms with Crippen LogP contribution in [0, 0.1) is 0 Å². The molecule has 1 aromatic carbocycles. The van der Waals surface area contributed by atoms with E-state index in [1.165, 1.54) is 10.7 Å². The lowest BCUT2D eigenvalue weighted by Gasteiger charge is -2.29. The molecule has 9 nitrogen and oxygen atoms in total. The van der Waals surface area contributed by atoms with E-state index >= 15 is 0 Å². The van der Waals surface area contributed by atoms with E-state index in [4.69, 9.17) is 4.74 Å². The number of benzene rings is 1. The normalized spacial score (nSPS) is 20.6. The maximum Gasteiger partial charge on any atom is 0.387 e. The molecule has 2 aromatic heterocycles. The van der Waals surface area contributed by atoms with Crippen LogP contribution in [-0.4, -0.2) is 57.4 Å². The quantitative estimate of drug-likeness (QED) is 0.455. The average Bonchev–Trinajstić information content (AvgIpc) is 3.47. The number of fused-ring (bicyclic) bond motifs is 1. The van der Waals surface area contributed by atoms with Crippen LogP contribution in [0.3, 0.4) is 0 Å². The van der Waals surface area contributed by atoms with Crippen LogP contribution in [0.15, 0.2) is 59.6 Å². The monoisotopic (exact) mass is 501 g/mol. The Hall–Kier alpha value is -3.22. The third-order valence-electron chi connectivity index (χ3n) is 5.94. The number of amides is 1. The van der Waals surface area contributed by atoms with Gasteiger partial charge in [0.15, 0.2) is 5.65 Å². The number of alkyl halides is 2. The number of likely N-dealkylation sites (tertiary alicyclic amines) is 1. The Balaban J connectivity index is 1.39. The Morgan fingerprint density at radius 2 is 2.26 bits per heavy atom. The molecule has 1 fully saturated rings. The van der Waals surface area contributed by atoms with E-state index in [-0.39, 0.29) is 5.75 Å². The molecule has 0 aliphatic carbocycles. The first-order valence-electron chi connectivity index (χ1n) is 11.2. The van der Waals surface area contributed by atoms with Crippen LogP contribution in [0.4, 0.5) is 8.78 Å². The number of piperidine rings is 1. The molecule has 0 spiro atoms. The molecule has 0 saturated carbocycles. The van der Waals surface area contributed by atoms with E-state index in [0.29, 0.717) is 27.7 Å². The van der Waals surface area contributed by atoms with Gasteiger partial charge in [-0.15, -0.1) is 11.8 Å². The summed E-state index contributed by atoms with van der Waals surface area (Å²) in [6.07, 6.45) is 8.52. The van der Waals surface area contributed by atoms with Gasteiger partial charge in [0.25, 0.3) is 5.91 Å². The predicted octanol–water partition coefficient (Wildman–Crippen LogP) is 2.94. The highest BCUT2D eigenvalue weighted by atomic mass is 32.2. The molecule has 4 heterocycles. The fraction of sp³-hybridized carbons (Fsp3) is 0.348. The van der Waals surface area contributed by atoms with E-state index < -0.39 is 18.6 Å². The molecule has 12 heteroatoms. The minimum absolute atomic E-state index is 0.0455. The van der Waals surface area contributed by atoms with Crippen LogP contribution in [0.25, 0.3) is 5.65 Å². The van der Waals surface area contributed by atoms with Gasteiger partial charge in [-0.1, -0.05) is 0 Å². The van der Waals surface area contributed by atoms with Gasteiger partial charge >= 0.3 is 6.61 Å². The van der Waals surface area contributed by atoms with Gasteiger partial charge in [0.1, 0.15) is 11.3 Å². The Kier molecular flexibility index (Phi) is 6.84. The molecular weight excluding hydrogens is 476 g/mol. The zero-order valence-corrected chi connectivity index (χ0v) is 19.8. The Labute approximate surface area is 204 Å². The number of rotatable bonds is 7. The van der Waals surface area contributed by atoms with Gasteiger partial charge in [-0.25, -0.2) is 14.9 Å². The van der Waals surface area contributed by atoms with Gasteiger partial charge in [-0.05, 0) is 50.7 Å². The summed E-state index contributed by atoms with van der Waals surface area (Å²) in [6.45, 7) is -0.926. The maximum absolute atomic E-state index is 13.2. The zero-order valence-electron chi connectivity index (χ0n) is 18.9. The number of nitrogens with one attached hydrogen (secondary N) is 3. The summed E-state index contributed by atoms with van der Waals surface area (Å²) >= 11 is 1.72. The van der Waals surface area contributed by atoms with Crippen LogP contribution in [0.2, 0.25) is 0 Å². The second-order valence-electron chi connectivity index (χ2n) is 8.44. The van der Waals surface area contributed by atoms with E-state index in [0.717, 1.165) is 30.8 Å². The number of ether oxygens (including phenoxy) is 1. The smallest absolute Gasteiger partial charge is 0.387 e. The van der Waals surface area contributed by atoms with Gasteiger partial charge in [0, 0.05) is 40.8 Å². The summed E-state index contributed by atoms with van der Waals surface area (Å²) in [7, 11) is 2.10. The Morgan fingerprint density at radius 1 is 1.37 bits per heavy atom. The predicted molar refractivity (Wildman–Crippen MR) is 127 cm³/mol. The minimum Gasteiger partial charge on any atom is -0.434 e. The van der Waals surface area contributed by atoms with Crippen molar-refractivity contribution in [3.05, 3.63) is 65.9 Å². The fourth-order valence-corrected chi connectivity index (χ4v) is 5.68. The number of thioether (sulfide) groups is 1. The van der Waals surface area contributed by atoms with Gasteiger partial charge in [-0.2, -0.15) is 13.9 Å². The highest BCUT2D eigenvalue weighted by Gasteiger charge is 2.29. The summed E-state index contributed by atoms with van der Waals surface area (Å²) in [5, 5.41) is 7.41. The van der Waals surface area contributed by atoms with Crippen molar-refractivity contribution in [1.29, 1.82) is 0 Å². The molecule has 0 bridgehead atoms. The van der Waals surface area contributed by atoms with Crippen molar-refractivity contribution in [1.82, 2.24) is 35.7 Å². The summed E-state index contributed by atoms with van der Waals surface area (Å²) in [5.74, 6) is -0.364. The number of aromatic nitrogens is 3. The summed E-state index contributed by atoms with van der Waals surface area (Å²) < 4.78 is 32.7. The first-order chi connectivity index (χ1) is 17.0. The van der Waals surface area contributed by atoms with Crippen molar-refractivity contribution in [2.45, 2.75) is 35.6 Å². The molecule has 184 valence electrons. The van der Waals surface area contributed by atoms with Crippen LogP contribution < -0.4 is 20.9 Å². The van der Waals surface area contributed by atoms with E-state index in [2.05, 4.69) is 38.2 Å². The molecule has 35 heavy (non-hydrogen) atoms. The molecule has 2 atom stereocenters. The van der Waals surface area contributed by atoms with Gasteiger partial charge < -0.3 is 20.4 Å². The van der Waals surface area contributed by atoms with E-state index in [1.807, 2.05) is 6.07 Å². The number of carbonyl (C=O) groups excluding carboxylic acids is 1. The highest BCUT2D eigenvalue weighted by molar-refractivity contribution is 8.00. The van der Waals surface area contributed by atoms with Gasteiger partial charge in [0.2, 0.25) is 0 Å². The first-order valence-corrected chi connectivity index (χ1v) is 12.1. The SMILES string of the molecule is CN1CCCC(Sc2ccc(OC(F)F)c(C3NNC=C3NC(=O)c3cnn4cccnc34)c2)C1. The van der Waals surface area contributed by atoms with Crippen molar-refractivity contribution in [2.75, 3.05) is 20.1 Å². The van der Waals surface area contributed by atoms with Crippen LogP contribution in [-0.2, 0) is 0 Å². The lowest BCUT2D eigenvalue weighted by molar-refractivity contribution is -0.0506. The summed E-state index contributed by atoms with van der Waals surface area (Å²) in [4.78, 5) is 20.5. The molecule has 2 aliphatic heterocycles. The number of hydrogen-bond donors (Lipinski definition) is 3. The van der Waals surface area contributed by atoms with Crippen LogP contribution in [0.5, 0.6) is 5.75 Å². The largest absolute Gasteiger partial charge is 0.434 e. The second kappa shape index (κ2) is 10.2. The number of halogens is 2. The highest BCUT2D eigenvalue weighted by Crippen LogP contribution is 2.37. The first kappa shape index (κ1) is 23.5. The van der Waals surface area contributed by atoms with Crippen LogP contribution in [0.1, 0.15) is 34.8 Å². The molecule has 3 N–H and O–H groups in total. The van der Waals surface area contributed by atoms with Gasteiger partial charge in [-0.3, -0.25) is 4.79 Å². The Bertz CT molecular complexity index is 1250.